The molecule has 0 bridgehead atoms. The summed E-state index contributed by atoms with van der Waals surface area (Å²) >= 11 is 0. The summed E-state index contributed by atoms with van der Waals surface area (Å²) in [4.78, 5) is 0. The minimum absolute atomic E-state index is 0.242. The summed E-state index contributed by atoms with van der Waals surface area (Å²) < 4.78 is 15.1. The SMILES string of the molecule is Nc1ccccc1-c1ccccc1-c1ccccc1-c1cc(-c2ccccc2)ccc1F. The topological polar surface area (TPSA) is 26.0 Å². The molecule has 0 saturated carbocycles. The first-order valence-electron chi connectivity index (χ1n) is 10.6. The molecule has 0 fully saturated rings. The van der Waals surface area contributed by atoms with Gasteiger partial charge in [0.15, 0.2) is 0 Å². The summed E-state index contributed by atoms with van der Waals surface area (Å²) in [5.74, 6) is -0.242. The molecule has 1 nitrogen and oxygen atoms in total. The third-order valence-corrected chi connectivity index (χ3v) is 5.76. The van der Waals surface area contributed by atoms with E-state index in [-0.39, 0.29) is 5.82 Å². The van der Waals surface area contributed by atoms with Crippen molar-refractivity contribution in [1.82, 2.24) is 0 Å². The molecule has 0 amide bonds. The highest BCUT2D eigenvalue weighted by atomic mass is 19.1. The Hall–Kier alpha value is -4.17. The minimum Gasteiger partial charge on any atom is -0.398 e. The minimum atomic E-state index is -0.242. The number of nitrogens with two attached hydrogens (primary N) is 1. The van der Waals surface area contributed by atoms with Gasteiger partial charge in [-0.25, -0.2) is 4.39 Å². The molecule has 0 saturated heterocycles. The number of hydrogen-bond donors (Lipinski definition) is 1. The predicted molar refractivity (Wildman–Crippen MR) is 133 cm³/mol. The molecule has 0 atom stereocenters. The van der Waals surface area contributed by atoms with E-state index in [0.717, 1.165) is 44.6 Å². The van der Waals surface area contributed by atoms with Gasteiger partial charge in [0.1, 0.15) is 5.82 Å². The van der Waals surface area contributed by atoms with Gasteiger partial charge in [-0.1, -0.05) is 103 Å². The van der Waals surface area contributed by atoms with E-state index in [2.05, 4.69) is 12.1 Å². The molecular formula is C30H22FN. The lowest BCUT2D eigenvalue weighted by atomic mass is 9.88. The van der Waals surface area contributed by atoms with Crippen LogP contribution in [0, 0.1) is 5.82 Å². The Morgan fingerprint density at radius 1 is 0.406 bits per heavy atom. The van der Waals surface area contributed by atoms with Crippen LogP contribution in [0.2, 0.25) is 0 Å². The molecule has 0 spiro atoms. The summed E-state index contributed by atoms with van der Waals surface area (Å²) in [6.45, 7) is 0. The fourth-order valence-corrected chi connectivity index (χ4v) is 4.19. The molecule has 2 N–H and O–H groups in total. The van der Waals surface area contributed by atoms with Crippen molar-refractivity contribution in [3.05, 3.63) is 127 Å². The van der Waals surface area contributed by atoms with Crippen molar-refractivity contribution in [2.75, 3.05) is 5.73 Å². The van der Waals surface area contributed by atoms with Crippen LogP contribution >= 0.6 is 0 Å². The molecule has 0 radical (unpaired) electrons. The van der Waals surface area contributed by atoms with Gasteiger partial charge in [-0.3, -0.25) is 0 Å². The highest BCUT2D eigenvalue weighted by Gasteiger charge is 2.16. The molecule has 0 unspecified atom stereocenters. The Balaban J connectivity index is 1.71. The molecule has 154 valence electrons. The van der Waals surface area contributed by atoms with Crippen molar-refractivity contribution < 1.29 is 4.39 Å². The predicted octanol–water partition coefficient (Wildman–Crippen LogP) is 8.08. The molecule has 2 heteroatoms. The molecule has 32 heavy (non-hydrogen) atoms. The Morgan fingerprint density at radius 2 is 0.875 bits per heavy atom. The van der Waals surface area contributed by atoms with Gasteiger partial charge in [0.05, 0.1) is 0 Å². The first kappa shape index (κ1) is 19.8. The molecule has 5 aromatic rings. The van der Waals surface area contributed by atoms with Crippen LogP contribution in [0.1, 0.15) is 0 Å². The van der Waals surface area contributed by atoms with E-state index in [1.165, 1.54) is 0 Å². The van der Waals surface area contributed by atoms with E-state index in [1.54, 1.807) is 6.07 Å². The maximum atomic E-state index is 15.1. The van der Waals surface area contributed by atoms with Crippen molar-refractivity contribution in [2.45, 2.75) is 0 Å². The van der Waals surface area contributed by atoms with Gasteiger partial charge in [-0.05, 0) is 51.6 Å². The Bertz CT molecular complexity index is 1390. The quantitative estimate of drug-likeness (QED) is 0.295. The fourth-order valence-electron chi connectivity index (χ4n) is 4.19. The van der Waals surface area contributed by atoms with E-state index in [4.69, 9.17) is 5.73 Å². The normalized spacial score (nSPS) is 10.8. The van der Waals surface area contributed by atoms with E-state index < -0.39 is 0 Å². The van der Waals surface area contributed by atoms with Crippen LogP contribution in [0.3, 0.4) is 0 Å². The van der Waals surface area contributed by atoms with E-state index >= 15 is 4.39 Å². The van der Waals surface area contributed by atoms with Crippen molar-refractivity contribution in [2.24, 2.45) is 0 Å². The second-order valence-electron chi connectivity index (χ2n) is 7.74. The first-order chi connectivity index (χ1) is 15.7. The number of benzene rings is 5. The third kappa shape index (κ3) is 3.67. The summed E-state index contributed by atoms with van der Waals surface area (Å²) in [6, 6.07) is 39.3. The molecule has 5 rings (SSSR count). The van der Waals surface area contributed by atoms with Gasteiger partial charge in [-0.15, -0.1) is 0 Å². The van der Waals surface area contributed by atoms with Crippen LogP contribution in [0.25, 0.3) is 44.5 Å². The lowest BCUT2D eigenvalue weighted by molar-refractivity contribution is 0.631. The molecule has 0 aliphatic rings. The zero-order valence-electron chi connectivity index (χ0n) is 17.5. The molecule has 5 aromatic carbocycles. The van der Waals surface area contributed by atoms with Crippen LogP contribution in [0.15, 0.2) is 121 Å². The molecule has 0 aliphatic carbocycles. The largest absolute Gasteiger partial charge is 0.398 e. The van der Waals surface area contributed by atoms with Crippen molar-refractivity contribution >= 4 is 5.69 Å². The second kappa shape index (κ2) is 8.52. The zero-order valence-corrected chi connectivity index (χ0v) is 17.5. The average molecular weight is 416 g/mol. The highest BCUT2D eigenvalue weighted by Crippen LogP contribution is 2.41. The van der Waals surface area contributed by atoms with Gasteiger partial charge in [0, 0.05) is 16.8 Å². The van der Waals surface area contributed by atoms with Gasteiger partial charge in [0.25, 0.3) is 0 Å². The van der Waals surface area contributed by atoms with Gasteiger partial charge in [0.2, 0.25) is 0 Å². The van der Waals surface area contributed by atoms with Gasteiger partial charge >= 0.3 is 0 Å². The number of halogens is 1. The highest BCUT2D eigenvalue weighted by molar-refractivity contribution is 5.94. The Labute approximate surface area is 187 Å². The summed E-state index contributed by atoms with van der Waals surface area (Å²) in [6.07, 6.45) is 0. The number of hydrogen-bond acceptors (Lipinski definition) is 1. The molecule has 0 heterocycles. The number of rotatable bonds is 4. The van der Waals surface area contributed by atoms with Crippen LogP contribution in [0.5, 0.6) is 0 Å². The lowest BCUT2D eigenvalue weighted by Gasteiger charge is -2.16. The van der Waals surface area contributed by atoms with Crippen LogP contribution in [-0.4, -0.2) is 0 Å². The van der Waals surface area contributed by atoms with Gasteiger partial charge in [-0.2, -0.15) is 0 Å². The standard InChI is InChI=1S/C30H22FN/c31-29-19-18-22(21-10-2-1-3-11-21)20-28(29)26-15-7-5-13-24(26)23-12-4-6-14-25(23)27-16-8-9-17-30(27)32/h1-20H,32H2. The maximum absolute atomic E-state index is 15.1. The second-order valence-corrected chi connectivity index (χ2v) is 7.74. The lowest BCUT2D eigenvalue weighted by Crippen LogP contribution is -1.94. The summed E-state index contributed by atoms with van der Waals surface area (Å²) in [7, 11) is 0. The van der Waals surface area contributed by atoms with E-state index in [0.29, 0.717) is 5.56 Å². The summed E-state index contributed by atoms with van der Waals surface area (Å²) in [5.41, 5.74) is 14.5. The molecular weight excluding hydrogens is 393 g/mol. The number of para-hydroxylation sites is 1. The van der Waals surface area contributed by atoms with Crippen LogP contribution in [0.4, 0.5) is 10.1 Å². The van der Waals surface area contributed by atoms with Crippen molar-refractivity contribution in [3.8, 4) is 44.5 Å². The van der Waals surface area contributed by atoms with Gasteiger partial charge < -0.3 is 5.73 Å². The number of nitrogen functional groups attached to an aromatic ring is 1. The van der Waals surface area contributed by atoms with Crippen LogP contribution in [-0.2, 0) is 0 Å². The zero-order chi connectivity index (χ0) is 21.9. The third-order valence-electron chi connectivity index (χ3n) is 5.76. The Kier molecular flexibility index (Phi) is 5.27. The van der Waals surface area contributed by atoms with Crippen molar-refractivity contribution in [3.63, 3.8) is 0 Å². The molecule has 0 aromatic heterocycles. The average Bonchev–Trinajstić information content (AvgIpc) is 2.85. The maximum Gasteiger partial charge on any atom is 0.131 e. The number of anilines is 1. The fraction of sp³-hybridized carbons (Fsp3) is 0. The smallest absolute Gasteiger partial charge is 0.131 e. The summed E-state index contributed by atoms with van der Waals surface area (Å²) in [5, 5.41) is 0. The molecule has 0 aliphatic heterocycles. The van der Waals surface area contributed by atoms with E-state index in [1.807, 2.05) is 103 Å². The van der Waals surface area contributed by atoms with E-state index in [9.17, 15) is 0 Å². The first-order valence-corrected chi connectivity index (χ1v) is 10.6. The van der Waals surface area contributed by atoms with Crippen molar-refractivity contribution in [1.29, 1.82) is 0 Å². The monoisotopic (exact) mass is 415 g/mol. The Morgan fingerprint density at radius 3 is 1.47 bits per heavy atom. The van der Waals surface area contributed by atoms with Crippen LogP contribution < -0.4 is 5.73 Å².